The number of amides is 2. The maximum atomic E-state index is 13.3. The number of nitrogens with zero attached hydrogens (tertiary/aromatic N) is 1. The Balaban J connectivity index is 1.76. The zero-order chi connectivity index (χ0) is 22.9. The maximum Gasteiger partial charge on any atom is 0.261 e. The van der Waals surface area contributed by atoms with Crippen molar-refractivity contribution < 1.29 is 14.3 Å². The molecule has 1 aliphatic rings. The third kappa shape index (κ3) is 6.73. The van der Waals surface area contributed by atoms with Gasteiger partial charge in [0.2, 0.25) is 5.91 Å². The number of ether oxygens (including phenoxy) is 1. The van der Waals surface area contributed by atoms with E-state index >= 15 is 0 Å². The number of aryl methyl sites for hydroxylation is 1. The highest BCUT2D eigenvalue weighted by molar-refractivity contribution is 6.31. The fourth-order valence-electron chi connectivity index (χ4n) is 4.21. The molecule has 0 heterocycles. The monoisotopic (exact) mass is 456 g/mol. The Hall–Kier alpha value is -2.53. The number of nitrogens with one attached hydrogen (secondary N) is 1. The van der Waals surface area contributed by atoms with Crippen LogP contribution >= 0.6 is 11.6 Å². The van der Waals surface area contributed by atoms with E-state index in [1.165, 1.54) is 6.42 Å². The first-order valence-corrected chi connectivity index (χ1v) is 11.9. The van der Waals surface area contributed by atoms with Gasteiger partial charge in [-0.15, -0.1) is 0 Å². The first kappa shape index (κ1) is 24.1. The van der Waals surface area contributed by atoms with Crippen molar-refractivity contribution in [3.05, 3.63) is 64.7 Å². The lowest BCUT2D eigenvalue weighted by Gasteiger charge is -2.33. The Labute approximate surface area is 196 Å². The topological polar surface area (TPSA) is 58.6 Å². The van der Waals surface area contributed by atoms with Crippen LogP contribution in [-0.2, 0) is 16.1 Å². The molecule has 2 amide bonds. The average Bonchev–Trinajstić information content (AvgIpc) is 2.79. The molecule has 3 rings (SSSR count). The average molecular weight is 457 g/mol. The van der Waals surface area contributed by atoms with Gasteiger partial charge < -0.3 is 15.0 Å². The summed E-state index contributed by atoms with van der Waals surface area (Å²) in [5.74, 6) is 0.295. The summed E-state index contributed by atoms with van der Waals surface area (Å²) in [4.78, 5) is 28.1. The molecule has 32 heavy (non-hydrogen) atoms. The zero-order valence-corrected chi connectivity index (χ0v) is 19.7. The minimum Gasteiger partial charge on any atom is -0.484 e. The minimum absolute atomic E-state index is 0.102. The molecular formula is C26H33ClN2O3. The second-order valence-corrected chi connectivity index (χ2v) is 8.89. The van der Waals surface area contributed by atoms with Crippen LogP contribution in [0.25, 0.3) is 0 Å². The minimum atomic E-state index is -0.582. The maximum absolute atomic E-state index is 13.3. The summed E-state index contributed by atoms with van der Waals surface area (Å²) in [6, 6.07) is 14.6. The summed E-state index contributed by atoms with van der Waals surface area (Å²) < 4.78 is 5.77. The molecule has 0 aliphatic heterocycles. The van der Waals surface area contributed by atoms with Crippen LogP contribution in [0.15, 0.2) is 48.5 Å². The van der Waals surface area contributed by atoms with E-state index in [1.807, 2.05) is 56.3 Å². The molecule has 1 fully saturated rings. The molecule has 2 aromatic carbocycles. The van der Waals surface area contributed by atoms with Gasteiger partial charge in [-0.3, -0.25) is 9.59 Å². The number of hydrogen-bond donors (Lipinski definition) is 1. The van der Waals surface area contributed by atoms with Gasteiger partial charge in [0.15, 0.2) is 6.61 Å². The largest absolute Gasteiger partial charge is 0.484 e. The van der Waals surface area contributed by atoms with E-state index in [0.29, 0.717) is 17.2 Å². The molecule has 1 saturated carbocycles. The van der Waals surface area contributed by atoms with Crippen molar-refractivity contribution in [3.8, 4) is 5.75 Å². The predicted octanol–water partition coefficient (Wildman–Crippen LogP) is 5.28. The van der Waals surface area contributed by atoms with E-state index in [0.717, 1.165) is 36.8 Å². The van der Waals surface area contributed by atoms with Crippen molar-refractivity contribution in [3.63, 3.8) is 0 Å². The predicted molar refractivity (Wildman–Crippen MR) is 128 cm³/mol. The van der Waals surface area contributed by atoms with Crippen molar-refractivity contribution in [2.45, 2.75) is 71.0 Å². The summed E-state index contributed by atoms with van der Waals surface area (Å²) in [6.45, 7) is 4.02. The smallest absolute Gasteiger partial charge is 0.261 e. The highest BCUT2D eigenvalue weighted by atomic mass is 35.5. The number of carbonyl (C=O) groups excluding carboxylic acids is 2. The van der Waals surface area contributed by atoms with Gasteiger partial charge in [-0.2, -0.15) is 0 Å². The van der Waals surface area contributed by atoms with Gasteiger partial charge in [0, 0.05) is 17.6 Å². The number of halogens is 1. The Morgan fingerprint density at radius 2 is 1.88 bits per heavy atom. The molecule has 6 heteroatoms. The van der Waals surface area contributed by atoms with E-state index in [4.69, 9.17) is 16.3 Å². The van der Waals surface area contributed by atoms with Gasteiger partial charge >= 0.3 is 0 Å². The van der Waals surface area contributed by atoms with Crippen molar-refractivity contribution >= 4 is 23.4 Å². The molecule has 0 spiro atoms. The second-order valence-electron chi connectivity index (χ2n) is 8.49. The molecule has 1 unspecified atom stereocenters. The van der Waals surface area contributed by atoms with E-state index in [9.17, 15) is 9.59 Å². The van der Waals surface area contributed by atoms with E-state index in [1.54, 1.807) is 11.0 Å². The summed E-state index contributed by atoms with van der Waals surface area (Å²) in [5.41, 5.74) is 1.86. The summed E-state index contributed by atoms with van der Waals surface area (Å²) in [5, 5.41) is 3.76. The highest BCUT2D eigenvalue weighted by Gasteiger charge is 2.31. The van der Waals surface area contributed by atoms with Gasteiger partial charge in [-0.1, -0.05) is 68.1 Å². The van der Waals surface area contributed by atoms with Crippen molar-refractivity contribution in [1.29, 1.82) is 0 Å². The van der Waals surface area contributed by atoms with Gasteiger partial charge in [-0.25, -0.2) is 0 Å². The quantitative estimate of drug-likeness (QED) is 0.558. The molecule has 5 nitrogen and oxygen atoms in total. The Morgan fingerprint density at radius 1 is 1.12 bits per heavy atom. The van der Waals surface area contributed by atoms with Gasteiger partial charge in [0.05, 0.1) is 0 Å². The lowest BCUT2D eigenvalue weighted by Crippen LogP contribution is -2.52. The van der Waals surface area contributed by atoms with Crippen molar-refractivity contribution in [1.82, 2.24) is 10.2 Å². The number of carbonyl (C=O) groups is 2. The van der Waals surface area contributed by atoms with Crippen LogP contribution in [0.1, 0.15) is 56.6 Å². The Bertz CT molecular complexity index is 911. The normalized spacial score (nSPS) is 15.1. The molecule has 1 N–H and O–H groups in total. The van der Waals surface area contributed by atoms with Crippen LogP contribution in [0.3, 0.4) is 0 Å². The zero-order valence-electron chi connectivity index (χ0n) is 19.0. The third-order valence-electron chi connectivity index (χ3n) is 5.99. The molecule has 2 aromatic rings. The number of hydrogen-bond acceptors (Lipinski definition) is 3. The van der Waals surface area contributed by atoms with Crippen LogP contribution in [0.5, 0.6) is 5.75 Å². The second kappa shape index (κ2) is 11.9. The van der Waals surface area contributed by atoms with Crippen molar-refractivity contribution in [2.24, 2.45) is 0 Å². The first-order valence-electron chi connectivity index (χ1n) is 11.5. The Kier molecular flexibility index (Phi) is 8.98. The van der Waals surface area contributed by atoms with Crippen LogP contribution in [0, 0.1) is 6.92 Å². The molecular weight excluding hydrogens is 424 g/mol. The fraction of sp³-hybridized carbons (Fsp3) is 0.462. The number of benzene rings is 2. The van der Waals surface area contributed by atoms with E-state index in [2.05, 4.69) is 5.32 Å². The number of rotatable bonds is 9. The fourth-order valence-corrected chi connectivity index (χ4v) is 4.40. The first-order chi connectivity index (χ1) is 15.5. The van der Waals surface area contributed by atoms with Gasteiger partial charge in [0.25, 0.3) is 5.91 Å². The summed E-state index contributed by atoms with van der Waals surface area (Å²) in [6.07, 6.45) is 5.99. The summed E-state index contributed by atoms with van der Waals surface area (Å²) >= 11 is 6.38. The van der Waals surface area contributed by atoms with Crippen LogP contribution in [-0.4, -0.2) is 35.4 Å². The molecule has 0 radical (unpaired) electrons. The Morgan fingerprint density at radius 3 is 2.56 bits per heavy atom. The lowest BCUT2D eigenvalue weighted by atomic mass is 9.95. The molecule has 172 valence electrons. The van der Waals surface area contributed by atoms with Crippen molar-refractivity contribution in [2.75, 3.05) is 6.61 Å². The third-order valence-corrected chi connectivity index (χ3v) is 6.36. The SMILES string of the molecule is CCC(C(=O)NC1CCCCC1)N(Cc1ccccc1Cl)C(=O)COc1cccc(C)c1. The summed E-state index contributed by atoms with van der Waals surface area (Å²) in [7, 11) is 0. The van der Waals surface area contributed by atoms with Gasteiger partial charge in [-0.05, 0) is 55.5 Å². The molecule has 1 atom stereocenters. The van der Waals surface area contributed by atoms with E-state index in [-0.39, 0.29) is 31.0 Å². The lowest BCUT2D eigenvalue weighted by molar-refractivity contribution is -0.143. The van der Waals surface area contributed by atoms with Gasteiger partial charge in [0.1, 0.15) is 11.8 Å². The molecule has 1 aliphatic carbocycles. The van der Waals surface area contributed by atoms with Crippen LogP contribution in [0.4, 0.5) is 0 Å². The van der Waals surface area contributed by atoms with Crippen LogP contribution in [0.2, 0.25) is 5.02 Å². The highest BCUT2D eigenvalue weighted by Crippen LogP contribution is 2.22. The molecule has 0 aromatic heterocycles. The standard InChI is InChI=1S/C26H33ClN2O3/c1-3-24(26(31)28-21-12-5-4-6-13-21)29(17-20-11-7-8-15-23(20)27)25(30)18-32-22-14-9-10-19(2)16-22/h7-11,14-16,21,24H,3-6,12-13,17-18H2,1-2H3,(H,28,31). The van der Waals surface area contributed by atoms with Crippen LogP contribution < -0.4 is 10.1 Å². The molecule has 0 saturated heterocycles. The molecule has 0 bridgehead atoms. The van der Waals surface area contributed by atoms with E-state index < -0.39 is 6.04 Å².